The lowest BCUT2D eigenvalue weighted by Gasteiger charge is -2.18. The van der Waals surface area contributed by atoms with Crippen molar-refractivity contribution in [3.63, 3.8) is 0 Å². The second-order valence-electron chi connectivity index (χ2n) is 37.7. The number of benzene rings is 26. The van der Waals surface area contributed by atoms with Crippen LogP contribution < -0.4 is 0 Å². The Bertz CT molecular complexity index is 10800. The van der Waals surface area contributed by atoms with Gasteiger partial charge in [-0.15, -0.1) is 11.3 Å². The number of rotatable bonds is 7. The van der Waals surface area contributed by atoms with E-state index in [1.165, 1.54) is 211 Å². The summed E-state index contributed by atoms with van der Waals surface area (Å²) in [5.41, 5.74) is 26.3. The Balaban J connectivity index is 0.0000000998. The summed E-state index contributed by atoms with van der Waals surface area (Å²) in [6.07, 6.45) is 0. The Morgan fingerprint density at radius 1 is 0.127 bits per heavy atom. The molecule has 0 N–H and O–H groups in total. The van der Waals surface area contributed by atoms with Crippen molar-refractivity contribution in [1.29, 1.82) is 0 Å². The van der Waals surface area contributed by atoms with Gasteiger partial charge in [-0.05, 0) is 301 Å². The van der Waals surface area contributed by atoms with E-state index >= 15 is 0 Å². The molecule has 0 unspecified atom stereocenters. The summed E-state index contributed by atoms with van der Waals surface area (Å²) in [6.45, 7) is 0. The zero-order valence-electron chi connectivity index (χ0n) is 76.5. The zero-order valence-corrected chi connectivity index (χ0v) is 77.3. The molecule has 6 heterocycles. The lowest BCUT2D eigenvalue weighted by molar-refractivity contribution is 0.668. The summed E-state index contributed by atoms with van der Waals surface area (Å²) in [6, 6.07) is 171. The number of fused-ring (bicyclic) bond motifs is 29. The average Bonchev–Trinajstić information content (AvgIpc) is 1.24. The maximum atomic E-state index is 6.39. The van der Waals surface area contributed by atoms with Crippen LogP contribution in [0.25, 0.3) is 315 Å². The molecule has 5 nitrogen and oxygen atoms in total. The van der Waals surface area contributed by atoms with E-state index in [2.05, 4.69) is 461 Å². The normalized spacial score (nSPS) is 12.1. The molecular weight excluding hydrogens is 1750 g/mol. The smallest absolute Gasteiger partial charge is 0.136 e. The second-order valence-corrected chi connectivity index (χ2v) is 38.7. The highest BCUT2D eigenvalue weighted by atomic mass is 32.1. The monoisotopic (exact) mass is 1820 g/mol. The predicted molar refractivity (Wildman–Crippen MR) is 602 cm³/mol. The van der Waals surface area contributed by atoms with Gasteiger partial charge in [0.25, 0.3) is 0 Å². The van der Waals surface area contributed by atoms with E-state index < -0.39 is 0 Å². The van der Waals surface area contributed by atoms with Crippen molar-refractivity contribution in [1.82, 2.24) is 0 Å². The SMILES string of the molecule is c1cc(-c2ccc3oc4ccccc4c3c2)cc(-c2c3ccccc3c(-c3ccc4oc5cc6ccccc6cc5c4c3)c3ccccc23)c1.c1ccc2cc3c(cc2c1)oc1ccc(-c2c4ccccc4c(-c4ccc5oc6ccc7ccccc7c6c5c4)c4ccccc24)cc13.c1ccc2cc3c(cc2c1)oc1ccc(-c2c4ccccc4c(-c4cccc5c4sc4ccccc45)c4ccccc24)cc13. The minimum absolute atomic E-state index is 0.905. The largest absolute Gasteiger partial charge is 0.456 e. The van der Waals surface area contributed by atoms with Gasteiger partial charge in [0.1, 0.15) is 55.8 Å². The highest BCUT2D eigenvalue weighted by molar-refractivity contribution is 7.26. The number of hydrogen-bond donors (Lipinski definition) is 0. The van der Waals surface area contributed by atoms with E-state index in [4.69, 9.17) is 22.1 Å². The van der Waals surface area contributed by atoms with Crippen LogP contribution in [0.15, 0.2) is 495 Å². The third-order valence-corrected chi connectivity index (χ3v) is 31.1. The first-order valence-electron chi connectivity index (χ1n) is 48.5. The van der Waals surface area contributed by atoms with Gasteiger partial charge < -0.3 is 22.1 Å². The van der Waals surface area contributed by atoms with E-state index in [9.17, 15) is 0 Å². The molecule has 0 spiro atoms. The van der Waals surface area contributed by atoms with Gasteiger partial charge in [-0.1, -0.05) is 352 Å². The summed E-state index contributed by atoms with van der Waals surface area (Å²) in [7, 11) is 0. The molecule has 26 aromatic carbocycles. The first kappa shape index (κ1) is 79.7. The van der Waals surface area contributed by atoms with E-state index in [0.29, 0.717) is 0 Å². The topological polar surface area (TPSA) is 65.7 Å². The predicted octanol–water partition coefficient (Wildman–Crippen LogP) is 40.1. The lowest BCUT2D eigenvalue weighted by atomic mass is 9.85. The molecule has 6 heteroatoms. The molecule has 0 saturated heterocycles. The number of para-hydroxylation sites is 1. The molecule has 142 heavy (non-hydrogen) atoms. The highest BCUT2D eigenvalue weighted by Crippen LogP contribution is 2.53. The lowest BCUT2D eigenvalue weighted by Crippen LogP contribution is -1.91. The summed E-state index contributed by atoms with van der Waals surface area (Å²) < 4.78 is 34.3. The van der Waals surface area contributed by atoms with E-state index in [-0.39, 0.29) is 0 Å². The van der Waals surface area contributed by atoms with Crippen LogP contribution in [0.5, 0.6) is 0 Å². The Labute approximate surface area is 816 Å². The van der Waals surface area contributed by atoms with Gasteiger partial charge >= 0.3 is 0 Å². The molecule has 0 aliphatic rings. The third kappa shape index (κ3) is 12.5. The molecule has 0 aliphatic carbocycles. The molecule has 32 rings (SSSR count). The Morgan fingerprint density at radius 3 is 0.817 bits per heavy atom. The summed E-state index contributed by atoms with van der Waals surface area (Å²) >= 11 is 1.89. The maximum absolute atomic E-state index is 6.39. The molecule has 0 saturated carbocycles. The molecular formula is C136H78O5S. The van der Waals surface area contributed by atoms with Crippen molar-refractivity contribution in [2.45, 2.75) is 0 Å². The van der Waals surface area contributed by atoms with E-state index in [1.54, 1.807) is 0 Å². The standard InChI is InChI=1S/C48H28O2.C46H26O2.C42H24OS/c1-2-11-31-28-46-42(25-30(31)10-1)41-27-34(21-23-45(41)50-46)48-38-17-5-3-15-36(38)47(37-16-4-6-18-39(37)48)33-13-9-12-29(24-33)32-20-22-44-40(26-32)35-14-7-8-19-43(35)49-44;1-2-11-29-26-43-38(23-28(29)10-1)37-24-30(18-20-40(37)48-43)44-33-13-5-7-15-35(33)45(36-16-8-6-14-34(36)44)31-19-21-41-39(25-31)46-32-12-4-3-9-27(32)17-22-42(46)47-41;1-2-11-26-24-38-36(22-25(26)10-1)35-23-27(20-21-37(35)43-38)40-29-13-3-5-15-31(29)41(32-16-6-4-14-30(32)40)34-18-9-17-33-28-12-7-8-19-39(28)44-42(33)34/h1-28H;1-26H;1-24H. The summed E-state index contributed by atoms with van der Waals surface area (Å²) in [5.74, 6) is 0. The fourth-order valence-corrected chi connectivity index (χ4v) is 24.7. The van der Waals surface area contributed by atoms with Crippen LogP contribution in [0, 0.1) is 0 Å². The van der Waals surface area contributed by atoms with Gasteiger partial charge in [0, 0.05) is 79.6 Å². The average molecular weight is 1820 g/mol. The van der Waals surface area contributed by atoms with Crippen molar-refractivity contribution in [3.05, 3.63) is 473 Å². The Hall–Kier alpha value is -18.5. The van der Waals surface area contributed by atoms with Crippen molar-refractivity contribution < 1.29 is 22.1 Å². The minimum atomic E-state index is 0.905. The molecule has 0 radical (unpaired) electrons. The van der Waals surface area contributed by atoms with Gasteiger partial charge in [0.2, 0.25) is 0 Å². The maximum Gasteiger partial charge on any atom is 0.136 e. The van der Waals surface area contributed by atoms with Gasteiger partial charge in [0.05, 0.1) is 0 Å². The molecule has 0 bridgehead atoms. The van der Waals surface area contributed by atoms with Gasteiger partial charge in [0.15, 0.2) is 0 Å². The van der Waals surface area contributed by atoms with Crippen LogP contribution in [0.2, 0.25) is 0 Å². The number of hydrogen-bond acceptors (Lipinski definition) is 6. The van der Waals surface area contributed by atoms with Gasteiger partial charge in [-0.3, -0.25) is 0 Å². The first-order valence-corrected chi connectivity index (χ1v) is 49.3. The van der Waals surface area contributed by atoms with Crippen LogP contribution in [0.4, 0.5) is 0 Å². The van der Waals surface area contributed by atoms with Crippen molar-refractivity contribution >= 4 is 249 Å². The van der Waals surface area contributed by atoms with E-state index in [0.717, 1.165) is 104 Å². The van der Waals surface area contributed by atoms with E-state index in [1.807, 2.05) is 23.5 Å². The minimum Gasteiger partial charge on any atom is -0.456 e. The van der Waals surface area contributed by atoms with Crippen molar-refractivity contribution in [2.75, 3.05) is 0 Å². The summed E-state index contributed by atoms with van der Waals surface area (Å²) in [4.78, 5) is 0. The Kier molecular flexibility index (Phi) is 17.7. The summed E-state index contributed by atoms with van der Waals surface area (Å²) in [5, 5.41) is 38.7. The third-order valence-electron chi connectivity index (χ3n) is 29.9. The highest BCUT2D eigenvalue weighted by Gasteiger charge is 2.27. The molecule has 0 amide bonds. The molecule has 0 aliphatic heterocycles. The fourth-order valence-electron chi connectivity index (χ4n) is 23.5. The zero-order chi connectivity index (χ0) is 92.9. The molecule has 0 atom stereocenters. The molecule has 658 valence electrons. The van der Waals surface area contributed by atoms with Crippen molar-refractivity contribution in [2.24, 2.45) is 0 Å². The molecule has 32 aromatic rings. The number of furan rings is 5. The van der Waals surface area contributed by atoms with Crippen LogP contribution in [-0.4, -0.2) is 0 Å². The number of thiophene rings is 1. The second kappa shape index (κ2) is 31.5. The first-order chi connectivity index (χ1) is 70.4. The van der Waals surface area contributed by atoms with Crippen LogP contribution in [0.1, 0.15) is 0 Å². The van der Waals surface area contributed by atoms with Gasteiger partial charge in [-0.25, -0.2) is 0 Å². The van der Waals surface area contributed by atoms with Crippen molar-refractivity contribution in [3.8, 4) is 77.9 Å². The molecule has 0 fully saturated rings. The van der Waals surface area contributed by atoms with Crippen LogP contribution in [-0.2, 0) is 0 Å². The quantitative estimate of drug-likeness (QED) is 0.149. The van der Waals surface area contributed by atoms with Gasteiger partial charge in [-0.2, -0.15) is 0 Å². The van der Waals surface area contributed by atoms with Crippen LogP contribution in [0.3, 0.4) is 0 Å². The fraction of sp³-hybridized carbons (Fsp3) is 0. The van der Waals surface area contributed by atoms with Crippen LogP contribution >= 0.6 is 11.3 Å². The Morgan fingerprint density at radius 2 is 0.387 bits per heavy atom. The molecule has 6 aromatic heterocycles.